The molecule has 2 N–H and O–H groups in total. The van der Waals surface area contributed by atoms with Crippen LogP contribution >= 0.6 is 11.6 Å². The van der Waals surface area contributed by atoms with Crippen LogP contribution in [-0.2, 0) is 17.5 Å². The molecule has 0 saturated carbocycles. The first-order valence-corrected chi connectivity index (χ1v) is 10.4. The van der Waals surface area contributed by atoms with E-state index >= 15 is 0 Å². The van der Waals surface area contributed by atoms with Gasteiger partial charge in [0.2, 0.25) is 5.91 Å². The molecule has 1 heterocycles. The summed E-state index contributed by atoms with van der Waals surface area (Å²) in [5.74, 6) is -0.911. The van der Waals surface area contributed by atoms with Crippen LogP contribution in [0.4, 0.5) is 13.2 Å². The fourth-order valence-electron chi connectivity index (χ4n) is 3.65. The summed E-state index contributed by atoms with van der Waals surface area (Å²) in [4.78, 5) is 12.9. The van der Waals surface area contributed by atoms with Crippen LogP contribution < -0.4 is 5.32 Å². The molecule has 3 aromatic carbocycles. The van der Waals surface area contributed by atoms with Gasteiger partial charge in [-0.05, 0) is 59.7 Å². The maximum Gasteiger partial charge on any atom is 0.435 e. The molecule has 0 aliphatic heterocycles. The van der Waals surface area contributed by atoms with E-state index in [9.17, 15) is 23.1 Å². The number of aromatic hydroxyl groups is 1. The lowest BCUT2D eigenvalue weighted by Crippen LogP contribution is -2.28. The van der Waals surface area contributed by atoms with Crippen molar-refractivity contribution in [3.63, 3.8) is 0 Å². The number of rotatable bonds is 5. The lowest BCUT2D eigenvalue weighted by atomic mass is 9.94. The zero-order valence-electron chi connectivity index (χ0n) is 17.4. The quantitative estimate of drug-likeness (QED) is 0.383. The van der Waals surface area contributed by atoms with Gasteiger partial charge in [0, 0.05) is 5.02 Å². The van der Waals surface area contributed by atoms with Crippen LogP contribution in [0.2, 0.25) is 5.02 Å². The Morgan fingerprint density at radius 2 is 1.88 bits per heavy atom. The molecule has 33 heavy (non-hydrogen) atoms. The van der Waals surface area contributed by atoms with Gasteiger partial charge < -0.3 is 10.4 Å². The summed E-state index contributed by atoms with van der Waals surface area (Å²) in [5.41, 5.74) is 0.130. The number of hydrogen-bond acceptors (Lipinski definition) is 3. The Hall–Kier alpha value is -3.52. The van der Waals surface area contributed by atoms with Crippen molar-refractivity contribution in [1.29, 1.82) is 0 Å². The number of carbonyl (C=O) groups is 1. The first kappa shape index (κ1) is 22.7. The zero-order valence-corrected chi connectivity index (χ0v) is 18.2. The van der Waals surface area contributed by atoms with E-state index in [-0.39, 0.29) is 23.9 Å². The third kappa shape index (κ3) is 4.80. The minimum atomic E-state index is -4.64. The molecule has 5 nitrogen and oxygen atoms in total. The predicted octanol–water partition coefficient (Wildman–Crippen LogP) is 5.82. The van der Waals surface area contributed by atoms with Crippen LogP contribution in [-0.4, -0.2) is 20.8 Å². The molecular weight excluding hydrogens is 455 g/mol. The molecule has 0 fully saturated rings. The van der Waals surface area contributed by atoms with E-state index in [0.717, 1.165) is 21.5 Å². The van der Waals surface area contributed by atoms with Crippen LogP contribution in [0.1, 0.15) is 29.8 Å². The van der Waals surface area contributed by atoms with Crippen LogP contribution in [0.3, 0.4) is 0 Å². The molecule has 0 bridgehead atoms. The number of nitrogens with zero attached hydrogens (tertiary/aromatic N) is 2. The Bertz CT molecular complexity index is 1330. The van der Waals surface area contributed by atoms with Crippen molar-refractivity contribution < 1.29 is 23.1 Å². The lowest BCUT2D eigenvalue weighted by molar-refractivity contribution is -0.141. The smallest absolute Gasteiger partial charge is 0.435 e. The van der Waals surface area contributed by atoms with E-state index in [1.165, 1.54) is 6.07 Å². The molecule has 1 amide bonds. The highest BCUT2D eigenvalue weighted by atomic mass is 35.5. The molecule has 1 unspecified atom stereocenters. The van der Waals surface area contributed by atoms with E-state index in [0.29, 0.717) is 16.3 Å². The molecule has 4 aromatic rings. The Labute approximate surface area is 192 Å². The number of amides is 1. The second kappa shape index (κ2) is 8.78. The maximum atomic E-state index is 13.3. The molecular formula is C24H19ClF3N3O2. The van der Waals surface area contributed by atoms with E-state index in [1.807, 2.05) is 12.1 Å². The topological polar surface area (TPSA) is 67.2 Å². The number of alkyl halides is 3. The highest BCUT2D eigenvalue weighted by Gasteiger charge is 2.35. The predicted molar refractivity (Wildman–Crippen MR) is 119 cm³/mol. The molecule has 0 aliphatic carbocycles. The number of phenols is 1. The number of halogens is 4. The third-order valence-electron chi connectivity index (χ3n) is 5.33. The minimum absolute atomic E-state index is 0.0765. The monoisotopic (exact) mass is 473 g/mol. The highest BCUT2D eigenvalue weighted by Crippen LogP contribution is 2.31. The molecule has 0 aliphatic rings. The van der Waals surface area contributed by atoms with E-state index < -0.39 is 17.8 Å². The van der Waals surface area contributed by atoms with Crippen molar-refractivity contribution in [3.8, 4) is 11.4 Å². The summed E-state index contributed by atoms with van der Waals surface area (Å²) in [5, 5.41) is 18.2. The van der Waals surface area contributed by atoms with Crippen molar-refractivity contribution in [2.75, 3.05) is 0 Å². The van der Waals surface area contributed by atoms with Crippen LogP contribution in [0.5, 0.6) is 5.75 Å². The second-order valence-electron chi connectivity index (χ2n) is 7.60. The number of carbonyl (C=O) groups excluding carboxylic acids is 1. The largest absolute Gasteiger partial charge is 0.508 e. The van der Waals surface area contributed by atoms with E-state index in [4.69, 9.17) is 11.6 Å². The van der Waals surface area contributed by atoms with Gasteiger partial charge >= 0.3 is 6.18 Å². The molecule has 4 rings (SSSR count). The Balaban J connectivity index is 1.61. The van der Waals surface area contributed by atoms with Gasteiger partial charge in [0.05, 0.1) is 23.8 Å². The molecule has 0 saturated heterocycles. The first-order chi connectivity index (χ1) is 15.6. The fraction of sp³-hybridized carbons (Fsp3) is 0.167. The second-order valence-corrected chi connectivity index (χ2v) is 8.04. The van der Waals surface area contributed by atoms with E-state index in [2.05, 4.69) is 10.4 Å². The van der Waals surface area contributed by atoms with E-state index in [1.54, 1.807) is 49.4 Å². The average Bonchev–Trinajstić information content (AvgIpc) is 3.21. The minimum Gasteiger partial charge on any atom is -0.508 e. The molecule has 1 aromatic heterocycles. The van der Waals surface area contributed by atoms with Crippen LogP contribution in [0.25, 0.3) is 16.5 Å². The standard InChI is InChI=1S/C24H19ClF3N3O2/c1-14(20-7-2-4-15-8-9-19(32)12-21(15)20)23(33)29-13-18-11-22(24(26,27)28)30-31(18)17-6-3-5-16(25)10-17/h2-12,14,32H,13H2,1H3,(H,29,33). The number of phenolic OH excluding ortho intramolecular Hbond substituents is 1. The summed E-state index contributed by atoms with van der Waals surface area (Å²) in [6.07, 6.45) is -4.64. The van der Waals surface area contributed by atoms with Gasteiger partial charge in [-0.3, -0.25) is 4.79 Å². The number of fused-ring (bicyclic) bond motifs is 1. The van der Waals surface area contributed by atoms with Gasteiger partial charge in [-0.25, -0.2) is 4.68 Å². The summed E-state index contributed by atoms with van der Waals surface area (Å²) in [6.45, 7) is 1.53. The van der Waals surface area contributed by atoms with Crippen molar-refractivity contribution in [2.45, 2.75) is 25.6 Å². The lowest BCUT2D eigenvalue weighted by Gasteiger charge is -2.16. The van der Waals surface area contributed by atoms with Crippen molar-refractivity contribution in [1.82, 2.24) is 15.1 Å². The summed E-state index contributed by atoms with van der Waals surface area (Å²) in [6, 6.07) is 17.5. The van der Waals surface area contributed by atoms with Crippen molar-refractivity contribution >= 4 is 28.3 Å². The SMILES string of the molecule is CC(C(=O)NCc1cc(C(F)(F)F)nn1-c1cccc(Cl)c1)c1cccc2ccc(O)cc12. The Kier molecular flexibility index (Phi) is 6.03. The molecule has 0 spiro atoms. The van der Waals surface area contributed by atoms with Gasteiger partial charge in [0.15, 0.2) is 5.69 Å². The highest BCUT2D eigenvalue weighted by molar-refractivity contribution is 6.30. The number of aromatic nitrogens is 2. The van der Waals surface area contributed by atoms with Gasteiger partial charge in [-0.2, -0.15) is 18.3 Å². The molecule has 170 valence electrons. The van der Waals surface area contributed by atoms with Gasteiger partial charge in [0.25, 0.3) is 0 Å². The van der Waals surface area contributed by atoms with Crippen LogP contribution in [0.15, 0.2) is 66.7 Å². The summed E-state index contributed by atoms with van der Waals surface area (Å²) < 4.78 is 41.0. The number of hydrogen-bond donors (Lipinski definition) is 2. The number of benzene rings is 3. The van der Waals surface area contributed by atoms with Gasteiger partial charge in [0.1, 0.15) is 5.75 Å². The molecule has 9 heteroatoms. The fourth-order valence-corrected chi connectivity index (χ4v) is 3.83. The molecule has 0 radical (unpaired) electrons. The normalized spacial score (nSPS) is 12.6. The molecule has 1 atom stereocenters. The summed E-state index contributed by atoms with van der Waals surface area (Å²) >= 11 is 5.99. The maximum absolute atomic E-state index is 13.3. The first-order valence-electron chi connectivity index (χ1n) is 10.0. The Morgan fingerprint density at radius 1 is 1.12 bits per heavy atom. The zero-order chi connectivity index (χ0) is 23.8. The van der Waals surface area contributed by atoms with Crippen molar-refractivity contribution in [3.05, 3.63) is 88.7 Å². The number of nitrogens with one attached hydrogen (secondary N) is 1. The summed E-state index contributed by atoms with van der Waals surface area (Å²) in [7, 11) is 0. The van der Waals surface area contributed by atoms with Crippen LogP contribution in [0, 0.1) is 0 Å². The Morgan fingerprint density at radius 3 is 2.61 bits per heavy atom. The van der Waals surface area contributed by atoms with Gasteiger partial charge in [-0.15, -0.1) is 0 Å². The van der Waals surface area contributed by atoms with Gasteiger partial charge in [-0.1, -0.05) is 41.9 Å². The average molecular weight is 474 g/mol. The van der Waals surface area contributed by atoms with Crippen molar-refractivity contribution in [2.24, 2.45) is 0 Å². The third-order valence-corrected chi connectivity index (χ3v) is 5.56.